The third kappa shape index (κ3) is 2.08. The van der Waals surface area contributed by atoms with Crippen LogP contribution in [-0.4, -0.2) is 22.5 Å². The van der Waals surface area contributed by atoms with Gasteiger partial charge in [-0.25, -0.2) is 9.18 Å². The van der Waals surface area contributed by atoms with Gasteiger partial charge in [0.15, 0.2) is 0 Å². The van der Waals surface area contributed by atoms with Crippen LogP contribution in [0.25, 0.3) is 0 Å². The van der Waals surface area contributed by atoms with Gasteiger partial charge in [-0.2, -0.15) is 0 Å². The van der Waals surface area contributed by atoms with E-state index in [0.717, 1.165) is 12.0 Å². The summed E-state index contributed by atoms with van der Waals surface area (Å²) in [5.41, 5.74) is -0.574. The number of nitrogens with one attached hydrogen (secondary N) is 1. The van der Waals surface area contributed by atoms with Gasteiger partial charge in [0.25, 0.3) is 5.91 Å². The molecular formula is C13H14FNO3. The summed E-state index contributed by atoms with van der Waals surface area (Å²) in [7, 11) is 0. The number of amides is 1. The molecular weight excluding hydrogens is 237 g/mol. The predicted molar refractivity (Wildman–Crippen MR) is 62.8 cm³/mol. The van der Waals surface area contributed by atoms with E-state index in [4.69, 9.17) is 5.11 Å². The van der Waals surface area contributed by atoms with Crippen molar-refractivity contribution in [3.8, 4) is 0 Å². The molecule has 0 atom stereocenters. The second kappa shape index (κ2) is 4.40. The molecule has 4 nitrogen and oxygen atoms in total. The van der Waals surface area contributed by atoms with Gasteiger partial charge >= 0.3 is 5.97 Å². The maximum absolute atomic E-state index is 13.5. The predicted octanol–water partition coefficient (Wildman–Crippen LogP) is 1.87. The van der Waals surface area contributed by atoms with E-state index < -0.39 is 23.2 Å². The van der Waals surface area contributed by atoms with Crippen molar-refractivity contribution in [2.45, 2.75) is 31.7 Å². The minimum absolute atomic E-state index is 0.109. The van der Waals surface area contributed by atoms with Crippen LogP contribution in [-0.2, 0) is 4.79 Å². The highest BCUT2D eigenvalue weighted by Crippen LogP contribution is 2.32. The quantitative estimate of drug-likeness (QED) is 0.861. The zero-order chi connectivity index (χ0) is 13.3. The summed E-state index contributed by atoms with van der Waals surface area (Å²) >= 11 is 0. The topological polar surface area (TPSA) is 66.4 Å². The van der Waals surface area contributed by atoms with Crippen molar-refractivity contribution >= 4 is 11.9 Å². The Morgan fingerprint density at radius 1 is 1.39 bits per heavy atom. The molecule has 1 aromatic carbocycles. The average molecular weight is 251 g/mol. The fraction of sp³-hybridized carbons (Fsp3) is 0.385. The van der Waals surface area contributed by atoms with Crippen LogP contribution in [0, 0.1) is 12.7 Å². The van der Waals surface area contributed by atoms with Crippen molar-refractivity contribution in [2.24, 2.45) is 0 Å². The van der Waals surface area contributed by atoms with Gasteiger partial charge in [0, 0.05) is 0 Å². The number of carboxylic acids is 1. The van der Waals surface area contributed by atoms with Gasteiger partial charge in [-0.05, 0) is 38.3 Å². The molecule has 0 radical (unpaired) electrons. The van der Waals surface area contributed by atoms with Crippen LogP contribution < -0.4 is 5.32 Å². The van der Waals surface area contributed by atoms with Crippen molar-refractivity contribution in [1.29, 1.82) is 0 Å². The van der Waals surface area contributed by atoms with E-state index in [9.17, 15) is 14.0 Å². The Morgan fingerprint density at radius 3 is 2.56 bits per heavy atom. The van der Waals surface area contributed by atoms with Crippen LogP contribution in [0.1, 0.15) is 35.2 Å². The zero-order valence-corrected chi connectivity index (χ0v) is 10.00. The Morgan fingerprint density at radius 2 is 2.06 bits per heavy atom. The summed E-state index contributed by atoms with van der Waals surface area (Å²) in [6.45, 7) is 1.74. The zero-order valence-electron chi connectivity index (χ0n) is 10.00. The Hall–Kier alpha value is -1.91. The van der Waals surface area contributed by atoms with Gasteiger partial charge < -0.3 is 10.4 Å². The summed E-state index contributed by atoms with van der Waals surface area (Å²) in [4.78, 5) is 23.0. The number of carbonyl (C=O) groups excluding carboxylic acids is 1. The number of hydrogen-bond acceptors (Lipinski definition) is 2. The summed E-state index contributed by atoms with van der Waals surface area (Å²) in [5, 5.41) is 11.5. The van der Waals surface area contributed by atoms with E-state index >= 15 is 0 Å². The lowest BCUT2D eigenvalue weighted by atomic mass is 9.76. The summed E-state index contributed by atoms with van der Waals surface area (Å²) in [5.74, 6) is -2.37. The smallest absolute Gasteiger partial charge is 0.329 e. The van der Waals surface area contributed by atoms with Crippen LogP contribution in [0.4, 0.5) is 4.39 Å². The first-order valence-electron chi connectivity index (χ1n) is 5.77. The Labute approximate surface area is 104 Å². The van der Waals surface area contributed by atoms with Crippen molar-refractivity contribution in [3.63, 3.8) is 0 Å². The molecule has 0 unspecified atom stereocenters. The molecule has 1 aliphatic carbocycles. The maximum Gasteiger partial charge on any atom is 0.329 e. The fourth-order valence-corrected chi connectivity index (χ4v) is 2.02. The SMILES string of the molecule is Cc1ccc(F)c(C(=O)NC2(C(=O)O)CCC2)c1. The van der Waals surface area contributed by atoms with E-state index in [1.165, 1.54) is 12.1 Å². The van der Waals surface area contributed by atoms with Crippen LogP contribution in [0.3, 0.4) is 0 Å². The van der Waals surface area contributed by atoms with Crippen LogP contribution in [0.5, 0.6) is 0 Å². The lowest BCUT2D eigenvalue weighted by Gasteiger charge is -2.38. The summed E-state index contributed by atoms with van der Waals surface area (Å²) in [6, 6.07) is 4.18. The molecule has 0 spiro atoms. The van der Waals surface area contributed by atoms with E-state index in [1.807, 2.05) is 0 Å². The number of aliphatic carboxylic acids is 1. The maximum atomic E-state index is 13.5. The number of halogens is 1. The average Bonchev–Trinajstić information content (AvgIpc) is 2.26. The molecule has 1 aromatic rings. The van der Waals surface area contributed by atoms with Crippen molar-refractivity contribution < 1.29 is 19.1 Å². The Kier molecular flexibility index (Phi) is 3.07. The van der Waals surface area contributed by atoms with Crippen LogP contribution >= 0.6 is 0 Å². The molecule has 0 bridgehead atoms. The van der Waals surface area contributed by atoms with Crippen LogP contribution in [0.2, 0.25) is 0 Å². The molecule has 0 heterocycles. The van der Waals surface area contributed by atoms with E-state index in [1.54, 1.807) is 13.0 Å². The highest BCUT2D eigenvalue weighted by atomic mass is 19.1. The highest BCUT2D eigenvalue weighted by molar-refractivity contribution is 5.98. The highest BCUT2D eigenvalue weighted by Gasteiger charge is 2.45. The number of rotatable bonds is 3. The van der Waals surface area contributed by atoms with Crippen LogP contribution in [0.15, 0.2) is 18.2 Å². The number of benzene rings is 1. The summed E-state index contributed by atoms with van der Waals surface area (Å²) in [6.07, 6.45) is 1.53. The minimum Gasteiger partial charge on any atom is -0.480 e. The molecule has 5 heteroatoms. The molecule has 2 N–H and O–H groups in total. The molecule has 1 aliphatic rings. The molecule has 1 fully saturated rings. The van der Waals surface area contributed by atoms with E-state index in [0.29, 0.717) is 12.8 Å². The first-order chi connectivity index (χ1) is 8.44. The van der Waals surface area contributed by atoms with Crippen molar-refractivity contribution in [1.82, 2.24) is 5.32 Å². The lowest BCUT2D eigenvalue weighted by molar-refractivity contribution is -0.148. The summed E-state index contributed by atoms with van der Waals surface area (Å²) < 4.78 is 13.5. The van der Waals surface area contributed by atoms with Crippen molar-refractivity contribution in [2.75, 3.05) is 0 Å². The second-order valence-electron chi connectivity index (χ2n) is 4.68. The van der Waals surface area contributed by atoms with Gasteiger partial charge in [0.2, 0.25) is 0 Å². The number of hydrogen-bond donors (Lipinski definition) is 2. The van der Waals surface area contributed by atoms with Gasteiger partial charge in [0.1, 0.15) is 11.4 Å². The normalized spacial score (nSPS) is 16.8. The largest absolute Gasteiger partial charge is 0.480 e. The van der Waals surface area contributed by atoms with Crippen molar-refractivity contribution in [3.05, 3.63) is 35.1 Å². The Balaban J connectivity index is 2.22. The van der Waals surface area contributed by atoms with E-state index in [-0.39, 0.29) is 5.56 Å². The van der Waals surface area contributed by atoms with Gasteiger partial charge in [-0.15, -0.1) is 0 Å². The van der Waals surface area contributed by atoms with Gasteiger partial charge in [-0.1, -0.05) is 11.6 Å². The fourth-order valence-electron chi connectivity index (χ4n) is 2.02. The Bertz CT molecular complexity index is 509. The first-order valence-corrected chi connectivity index (χ1v) is 5.77. The standard InChI is InChI=1S/C13H14FNO3/c1-8-3-4-10(14)9(7-8)11(16)15-13(12(17)18)5-2-6-13/h3-4,7H,2,5-6H2,1H3,(H,15,16)(H,17,18). The molecule has 1 amide bonds. The molecule has 0 saturated heterocycles. The van der Waals surface area contributed by atoms with Gasteiger partial charge in [0.05, 0.1) is 5.56 Å². The molecule has 2 rings (SSSR count). The third-order valence-corrected chi connectivity index (χ3v) is 3.34. The van der Waals surface area contributed by atoms with E-state index in [2.05, 4.69) is 5.32 Å². The number of carboxylic acid groups (broad SMARTS) is 1. The van der Waals surface area contributed by atoms with Gasteiger partial charge in [-0.3, -0.25) is 4.79 Å². The first kappa shape index (κ1) is 12.5. The molecule has 96 valence electrons. The molecule has 18 heavy (non-hydrogen) atoms. The lowest BCUT2D eigenvalue weighted by Crippen LogP contribution is -2.59. The third-order valence-electron chi connectivity index (χ3n) is 3.34. The minimum atomic E-state index is -1.22. The molecule has 1 saturated carbocycles. The number of aryl methyl sites for hydroxylation is 1. The molecule has 0 aliphatic heterocycles. The molecule has 0 aromatic heterocycles. The monoisotopic (exact) mass is 251 g/mol. The number of carbonyl (C=O) groups is 2. The second-order valence-corrected chi connectivity index (χ2v) is 4.68.